The van der Waals surface area contributed by atoms with Crippen molar-refractivity contribution in [3.05, 3.63) is 48.0 Å². The fourth-order valence-corrected chi connectivity index (χ4v) is 4.97. The summed E-state index contributed by atoms with van der Waals surface area (Å²) in [4.78, 5) is 2.52. The summed E-state index contributed by atoms with van der Waals surface area (Å²) in [6.07, 6.45) is 0. The van der Waals surface area contributed by atoms with E-state index in [4.69, 9.17) is 9.47 Å². The molecular weight excluding hydrogens is 364 g/mol. The Bertz CT molecular complexity index is 891. The number of methoxy groups -OCH3 is 1. The molecule has 0 unspecified atom stereocenters. The number of rotatable bonds is 6. The molecule has 1 heterocycles. The molecule has 2 aromatic rings. The highest BCUT2D eigenvalue weighted by Gasteiger charge is 2.30. The van der Waals surface area contributed by atoms with Crippen molar-refractivity contribution in [2.75, 3.05) is 44.8 Å². The van der Waals surface area contributed by atoms with Gasteiger partial charge >= 0.3 is 0 Å². The van der Waals surface area contributed by atoms with Crippen LogP contribution in [0.4, 0.5) is 5.69 Å². The van der Waals surface area contributed by atoms with E-state index in [9.17, 15) is 8.42 Å². The number of sulfonamides is 1. The van der Waals surface area contributed by atoms with E-state index in [1.807, 2.05) is 31.2 Å². The van der Waals surface area contributed by atoms with Crippen LogP contribution in [-0.4, -0.2) is 52.6 Å². The van der Waals surface area contributed by atoms with Gasteiger partial charge in [-0.3, -0.25) is 0 Å². The monoisotopic (exact) mass is 390 g/mol. The Hall–Kier alpha value is -2.25. The van der Waals surface area contributed by atoms with Crippen LogP contribution < -0.4 is 14.4 Å². The number of hydrogen-bond donors (Lipinski definition) is 0. The molecule has 6 nitrogen and oxygen atoms in total. The summed E-state index contributed by atoms with van der Waals surface area (Å²) in [7, 11) is -1.95. The smallest absolute Gasteiger partial charge is 0.243 e. The van der Waals surface area contributed by atoms with Crippen molar-refractivity contribution >= 4 is 15.7 Å². The van der Waals surface area contributed by atoms with Crippen molar-refractivity contribution in [1.29, 1.82) is 0 Å². The van der Waals surface area contributed by atoms with Gasteiger partial charge in [-0.05, 0) is 49.7 Å². The Morgan fingerprint density at radius 1 is 1.04 bits per heavy atom. The lowest BCUT2D eigenvalue weighted by Crippen LogP contribution is -2.48. The molecule has 0 aromatic heterocycles. The lowest BCUT2D eigenvalue weighted by Gasteiger charge is -2.36. The van der Waals surface area contributed by atoms with E-state index < -0.39 is 10.0 Å². The predicted octanol–water partition coefficient (Wildman–Crippen LogP) is 2.91. The van der Waals surface area contributed by atoms with Crippen LogP contribution in [0.2, 0.25) is 0 Å². The van der Waals surface area contributed by atoms with Crippen molar-refractivity contribution in [2.45, 2.75) is 18.7 Å². The first-order valence-corrected chi connectivity index (χ1v) is 10.5. The molecule has 0 bridgehead atoms. The number of anilines is 1. The van der Waals surface area contributed by atoms with Crippen LogP contribution in [0, 0.1) is 6.92 Å². The summed E-state index contributed by atoms with van der Waals surface area (Å²) in [5.74, 6) is 1.49. The molecule has 0 atom stereocenters. The Morgan fingerprint density at radius 2 is 1.74 bits per heavy atom. The second-order valence-corrected chi connectivity index (χ2v) is 8.33. The highest BCUT2D eigenvalue weighted by atomic mass is 32.2. The van der Waals surface area contributed by atoms with Gasteiger partial charge in [-0.1, -0.05) is 12.1 Å². The molecule has 0 aliphatic carbocycles. The molecule has 7 heteroatoms. The first kappa shape index (κ1) is 19.5. The average Bonchev–Trinajstić information content (AvgIpc) is 2.68. The number of para-hydroxylation sites is 2. The zero-order chi connectivity index (χ0) is 19.4. The maximum atomic E-state index is 13.1. The van der Waals surface area contributed by atoms with Crippen molar-refractivity contribution in [1.82, 2.24) is 4.31 Å². The summed E-state index contributed by atoms with van der Waals surface area (Å²) in [6.45, 7) is 6.48. The van der Waals surface area contributed by atoms with Gasteiger partial charge in [0.05, 0.1) is 24.3 Å². The molecule has 0 N–H and O–H groups in total. The second kappa shape index (κ2) is 8.19. The Kier molecular flexibility index (Phi) is 5.92. The van der Waals surface area contributed by atoms with Gasteiger partial charge in [-0.25, -0.2) is 8.42 Å². The van der Waals surface area contributed by atoms with Crippen molar-refractivity contribution < 1.29 is 17.9 Å². The van der Waals surface area contributed by atoms with Gasteiger partial charge in [0.15, 0.2) is 0 Å². The molecule has 27 heavy (non-hydrogen) atoms. The lowest BCUT2D eigenvalue weighted by molar-refractivity contribution is 0.337. The van der Waals surface area contributed by atoms with Crippen LogP contribution in [0.3, 0.4) is 0 Å². The average molecular weight is 391 g/mol. The molecular formula is C20H26N2O4S. The maximum absolute atomic E-state index is 13.1. The highest BCUT2D eigenvalue weighted by molar-refractivity contribution is 7.89. The van der Waals surface area contributed by atoms with Crippen LogP contribution in [-0.2, 0) is 10.0 Å². The largest absolute Gasteiger partial charge is 0.497 e. The van der Waals surface area contributed by atoms with Crippen LogP contribution in [0.5, 0.6) is 11.5 Å². The summed E-state index contributed by atoms with van der Waals surface area (Å²) in [5.41, 5.74) is 1.70. The van der Waals surface area contributed by atoms with E-state index in [2.05, 4.69) is 4.90 Å². The minimum Gasteiger partial charge on any atom is -0.497 e. The van der Waals surface area contributed by atoms with E-state index in [-0.39, 0.29) is 0 Å². The van der Waals surface area contributed by atoms with E-state index >= 15 is 0 Å². The van der Waals surface area contributed by atoms with Gasteiger partial charge in [-0.2, -0.15) is 4.31 Å². The Morgan fingerprint density at radius 3 is 2.37 bits per heavy atom. The summed E-state index contributed by atoms with van der Waals surface area (Å²) in [6, 6.07) is 12.9. The standard InChI is InChI=1S/C20H26N2O4S/c1-4-26-19-8-6-5-7-18(19)21-11-13-22(14-12-21)27(23,24)20-10-9-17(25-3)15-16(20)2/h5-10,15H,4,11-14H2,1-3H3. The minimum absolute atomic E-state index is 0.339. The predicted molar refractivity (Wildman–Crippen MR) is 106 cm³/mol. The van der Waals surface area contributed by atoms with Gasteiger partial charge in [-0.15, -0.1) is 0 Å². The van der Waals surface area contributed by atoms with Gasteiger partial charge in [0.25, 0.3) is 0 Å². The topological polar surface area (TPSA) is 59.1 Å². The molecule has 0 spiro atoms. The number of aryl methyl sites for hydroxylation is 1. The quantitative estimate of drug-likeness (QED) is 0.759. The molecule has 0 amide bonds. The van der Waals surface area contributed by atoms with Crippen LogP contribution >= 0.6 is 0 Å². The normalized spacial score (nSPS) is 15.6. The molecule has 0 radical (unpaired) electrons. The molecule has 1 aliphatic rings. The van der Waals surface area contributed by atoms with Crippen molar-refractivity contribution in [3.8, 4) is 11.5 Å². The highest BCUT2D eigenvalue weighted by Crippen LogP contribution is 2.30. The number of piperazine rings is 1. The minimum atomic E-state index is -3.52. The zero-order valence-corrected chi connectivity index (χ0v) is 16.8. The Balaban J connectivity index is 1.75. The van der Waals surface area contributed by atoms with E-state index in [1.54, 1.807) is 36.5 Å². The summed E-state index contributed by atoms with van der Waals surface area (Å²) in [5, 5.41) is 0. The molecule has 1 fully saturated rings. The van der Waals surface area contributed by atoms with Gasteiger partial charge < -0.3 is 14.4 Å². The summed E-state index contributed by atoms with van der Waals surface area (Å²) >= 11 is 0. The third-order valence-corrected chi connectivity index (χ3v) is 6.80. The molecule has 3 rings (SSSR count). The van der Waals surface area contributed by atoms with E-state index in [0.29, 0.717) is 49.0 Å². The fraction of sp³-hybridized carbons (Fsp3) is 0.400. The van der Waals surface area contributed by atoms with E-state index in [1.165, 1.54) is 0 Å². The molecule has 1 aliphatic heterocycles. The number of hydrogen-bond acceptors (Lipinski definition) is 5. The van der Waals surface area contributed by atoms with E-state index in [0.717, 1.165) is 11.4 Å². The Labute approximate surface area is 161 Å². The van der Waals surface area contributed by atoms with Crippen LogP contribution in [0.15, 0.2) is 47.4 Å². The third kappa shape index (κ3) is 4.04. The second-order valence-electron chi connectivity index (χ2n) is 6.42. The first-order chi connectivity index (χ1) is 13.0. The summed E-state index contributed by atoms with van der Waals surface area (Å²) < 4.78 is 38.6. The molecule has 146 valence electrons. The van der Waals surface area contributed by atoms with Gasteiger partial charge in [0.2, 0.25) is 10.0 Å². The number of nitrogens with zero attached hydrogens (tertiary/aromatic N) is 2. The van der Waals surface area contributed by atoms with Crippen LogP contribution in [0.1, 0.15) is 12.5 Å². The lowest BCUT2D eigenvalue weighted by atomic mass is 10.2. The SMILES string of the molecule is CCOc1ccccc1N1CCN(S(=O)(=O)c2ccc(OC)cc2C)CC1. The number of benzene rings is 2. The molecule has 2 aromatic carbocycles. The fourth-order valence-electron chi connectivity index (χ4n) is 3.34. The molecule has 0 saturated carbocycles. The molecule has 1 saturated heterocycles. The van der Waals surface area contributed by atoms with Crippen LogP contribution in [0.25, 0.3) is 0 Å². The third-order valence-electron chi connectivity index (χ3n) is 4.74. The maximum Gasteiger partial charge on any atom is 0.243 e. The first-order valence-electron chi connectivity index (χ1n) is 9.09. The number of ether oxygens (including phenoxy) is 2. The van der Waals surface area contributed by atoms with Gasteiger partial charge in [0, 0.05) is 26.2 Å². The van der Waals surface area contributed by atoms with Gasteiger partial charge in [0.1, 0.15) is 11.5 Å². The van der Waals surface area contributed by atoms with Crippen molar-refractivity contribution in [3.63, 3.8) is 0 Å². The zero-order valence-electron chi connectivity index (χ0n) is 16.0. The van der Waals surface area contributed by atoms with Crippen molar-refractivity contribution in [2.24, 2.45) is 0 Å².